The Morgan fingerprint density at radius 2 is 2.17 bits per heavy atom. The highest BCUT2D eigenvalue weighted by Gasteiger charge is 2.17. The molecule has 1 aromatic rings. The average molecular weight is 253 g/mol. The molecule has 1 aromatic carbocycles. The van der Waals surface area contributed by atoms with Crippen molar-refractivity contribution in [2.45, 2.75) is 26.4 Å². The van der Waals surface area contributed by atoms with Gasteiger partial charge in [-0.3, -0.25) is 5.32 Å². The van der Waals surface area contributed by atoms with Crippen LogP contribution in [0.2, 0.25) is 0 Å². The molecule has 0 bridgehead atoms. The first-order chi connectivity index (χ1) is 8.31. The van der Waals surface area contributed by atoms with Crippen molar-refractivity contribution in [1.82, 2.24) is 0 Å². The molecule has 0 aliphatic heterocycles. The summed E-state index contributed by atoms with van der Waals surface area (Å²) in [7, 11) is 0. The molecular formula is C12H16FN3O2. The van der Waals surface area contributed by atoms with Crippen molar-refractivity contribution in [3.05, 3.63) is 29.6 Å². The average Bonchev–Trinajstić information content (AvgIpc) is 2.20. The predicted octanol–water partition coefficient (Wildman–Crippen LogP) is 2.47. The van der Waals surface area contributed by atoms with Gasteiger partial charge in [-0.1, -0.05) is 6.07 Å². The second-order valence-electron chi connectivity index (χ2n) is 4.64. The number of amides is 1. The summed E-state index contributed by atoms with van der Waals surface area (Å²) in [6, 6.07) is 4.20. The number of carbonyl (C=O) groups is 1. The maximum absolute atomic E-state index is 13.6. The van der Waals surface area contributed by atoms with E-state index >= 15 is 0 Å². The number of nitrogens with two attached hydrogens (primary N) is 1. The van der Waals surface area contributed by atoms with Gasteiger partial charge in [-0.25, -0.2) is 9.18 Å². The molecule has 98 valence electrons. The van der Waals surface area contributed by atoms with Gasteiger partial charge >= 0.3 is 6.09 Å². The predicted molar refractivity (Wildman–Crippen MR) is 68.0 cm³/mol. The van der Waals surface area contributed by atoms with Gasteiger partial charge < -0.3 is 10.6 Å². The Hall–Kier alpha value is -2.11. The van der Waals surface area contributed by atoms with Crippen LogP contribution >= 0.6 is 0 Å². The van der Waals surface area contributed by atoms with Crippen LogP contribution in [-0.4, -0.2) is 17.9 Å². The highest BCUT2D eigenvalue weighted by molar-refractivity contribution is 5.86. The van der Waals surface area contributed by atoms with Gasteiger partial charge in [0.05, 0.1) is 11.9 Å². The van der Waals surface area contributed by atoms with Gasteiger partial charge in [0.2, 0.25) is 0 Å². The Kier molecular flexibility index (Phi) is 4.25. The van der Waals surface area contributed by atoms with Crippen molar-refractivity contribution in [2.24, 2.45) is 10.9 Å². The third kappa shape index (κ3) is 4.40. The molecule has 0 saturated carbocycles. The van der Waals surface area contributed by atoms with E-state index in [-0.39, 0.29) is 5.69 Å². The number of hydrogen-bond donors (Lipinski definition) is 2. The number of benzene rings is 1. The fourth-order valence-corrected chi connectivity index (χ4v) is 1.21. The molecule has 0 radical (unpaired) electrons. The Morgan fingerprint density at radius 3 is 2.67 bits per heavy atom. The second-order valence-corrected chi connectivity index (χ2v) is 4.64. The van der Waals surface area contributed by atoms with Gasteiger partial charge in [0.15, 0.2) is 0 Å². The van der Waals surface area contributed by atoms with Gasteiger partial charge in [-0.2, -0.15) is 5.10 Å². The first-order valence-electron chi connectivity index (χ1n) is 5.34. The van der Waals surface area contributed by atoms with Crippen molar-refractivity contribution in [2.75, 3.05) is 5.32 Å². The molecule has 0 spiro atoms. The van der Waals surface area contributed by atoms with E-state index in [1.165, 1.54) is 18.3 Å². The van der Waals surface area contributed by atoms with E-state index in [2.05, 4.69) is 10.4 Å². The Balaban J connectivity index is 2.77. The maximum Gasteiger partial charge on any atom is 0.412 e. The topological polar surface area (TPSA) is 76.7 Å². The van der Waals surface area contributed by atoms with Crippen LogP contribution in [0.15, 0.2) is 23.3 Å². The first kappa shape index (κ1) is 14.0. The zero-order valence-corrected chi connectivity index (χ0v) is 10.5. The minimum absolute atomic E-state index is 0.0402. The lowest BCUT2D eigenvalue weighted by Crippen LogP contribution is -2.27. The van der Waals surface area contributed by atoms with Crippen molar-refractivity contribution in [3.8, 4) is 0 Å². The van der Waals surface area contributed by atoms with Crippen molar-refractivity contribution in [3.63, 3.8) is 0 Å². The smallest absolute Gasteiger partial charge is 0.412 e. The van der Waals surface area contributed by atoms with Gasteiger partial charge in [0.1, 0.15) is 11.4 Å². The number of halogens is 1. The van der Waals surface area contributed by atoms with Gasteiger partial charge in [0.25, 0.3) is 0 Å². The van der Waals surface area contributed by atoms with Crippen LogP contribution in [0.4, 0.5) is 14.9 Å². The number of nitrogens with zero attached hydrogens (tertiary/aromatic N) is 1. The molecule has 0 saturated heterocycles. The molecule has 5 nitrogen and oxygen atoms in total. The molecule has 0 heterocycles. The number of hydrogen-bond acceptors (Lipinski definition) is 4. The molecule has 0 aliphatic rings. The number of nitrogens with one attached hydrogen (secondary N) is 1. The SMILES string of the molecule is CC(C)(C)OC(=O)Nc1ccc(C=NN)cc1F. The molecule has 6 heteroatoms. The summed E-state index contributed by atoms with van der Waals surface area (Å²) < 4.78 is 18.6. The van der Waals surface area contributed by atoms with Crippen LogP contribution in [0.5, 0.6) is 0 Å². The van der Waals surface area contributed by atoms with Crippen molar-refractivity contribution in [1.29, 1.82) is 0 Å². The van der Waals surface area contributed by atoms with Gasteiger partial charge in [-0.05, 0) is 38.5 Å². The van der Waals surface area contributed by atoms with Crippen LogP contribution in [0, 0.1) is 5.82 Å². The molecule has 0 aliphatic carbocycles. The summed E-state index contributed by atoms with van der Waals surface area (Å²) in [6.45, 7) is 5.18. The summed E-state index contributed by atoms with van der Waals surface area (Å²) in [4.78, 5) is 11.4. The summed E-state index contributed by atoms with van der Waals surface area (Å²) in [5.41, 5.74) is -0.0876. The maximum atomic E-state index is 13.6. The van der Waals surface area contributed by atoms with Crippen LogP contribution in [0.3, 0.4) is 0 Å². The Labute approximate surface area is 105 Å². The normalized spacial score (nSPS) is 11.6. The second kappa shape index (κ2) is 5.48. The van der Waals surface area contributed by atoms with Gasteiger partial charge in [-0.15, -0.1) is 0 Å². The minimum Gasteiger partial charge on any atom is -0.444 e. The molecular weight excluding hydrogens is 237 g/mol. The fourth-order valence-electron chi connectivity index (χ4n) is 1.21. The number of anilines is 1. The van der Waals surface area contributed by atoms with E-state index in [1.807, 2.05) is 0 Å². The molecule has 1 amide bonds. The standard InChI is InChI=1S/C12H16FN3O2/c1-12(2,3)18-11(17)16-10-5-4-8(7-15-14)6-9(10)13/h4-7H,14H2,1-3H3,(H,16,17). The van der Waals surface area contributed by atoms with Crippen LogP contribution in [-0.2, 0) is 4.74 Å². The number of hydrazone groups is 1. The molecule has 0 unspecified atom stereocenters. The number of rotatable bonds is 2. The molecule has 0 aromatic heterocycles. The zero-order valence-electron chi connectivity index (χ0n) is 10.5. The van der Waals surface area contributed by atoms with Crippen LogP contribution in [0.1, 0.15) is 26.3 Å². The fraction of sp³-hybridized carbons (Fsp3) is 0.333. The van der Waals surface area contributed by atoms with Crippen LogP contribution in [0.25, 0.3) is 0 Å². The Bertz CT molecular complexity index is 467. The van der Waals surface area contributed by atoms with E-state index < -0.39 is 17.5 Å². The minimum atomic E-state index is -0.707. The zero-order chi connectivity index (χ0) is 13.8. The molecule has 18 heavy (non-hydrogen) atoms. The highest BCUT2D eigenvalue weighted by atomic mass is 19.1. The van der Waals surface area contributed by atoms with E-state index in [9.17, 15) is 9.18 Å². The summed E-state index contributed by atoms with van der Waals surface area (Å²) in [5.74, 6) is 4.37. The van der Waals surface area contributed by atoms with E-state index in [4.69, 9.17) is 10.6 Å². The number of ether oxygens (including phenoxy) is 1. The van der Waals surface area contributed by atoms with Crippen molar-refractivity contribution < 1.29 is 13.9 Å². The Morgan fingerprint density at radius 1 is 1.50 bits per heavy atom. The lowest BCUT2D eigenvalue weighted by atomic mass is 10.2. The lowest BCUT2D eigenvalue weighted by Gasteiger charge is -2.19. The third-order valence-corrected chi connectivity index (χ3v) is 1.85. The van der Waals surface area contributed by atoms with Crippen LogP contribution < -0.4 is 11.2 Å². The van der Waals surface area contributed by atoms with E-state index in [0.29, 0.717) is 5.56 Å². The largest absolute Gasteiger partial charge is 0.444 e. The van der Waals surface area contributed by atoms with E-state index in [1.54, 1.807) is 26.8 Å². The highest BCUT2D eigenvalue weighted by Crippen LogP contribution is 2.16. The quantitative estimate of drug-likeness (QED) is 0.483. The summed E-state index contributed by atoms with van der Waals surface area (Å²) in [5, 5.41) is 5.61. The monoisotopic (exact) mass is 253 g/mol. The van der Waals surface area contributed by atoms with Gasteiger partial charge in [0, 0.05) is 0 Å². The molecule has 0 atom stereocenters. The number of carbonyl (C=O) groups excluding carboxylic acids is 1. The lowest BCUT2D eigenvalue weighted by molar-refractivity contribution is 0.0635. The molecule has 1 rings (SSSR count). The third-order valence-electron chi connectivity index (χ3n) is 1.85. The summed E-state index contributed by atoms with van der Waals surface area (Å²) in [6.07, 6.45) is 0.599. The molecule has 0 fully saturated rings. The van der Waals surface area contributed by atoms with E-state index in [0.717, 1.165) is 0 Å². The molecule has 3 N–H and O–H groups in total. The van der Waals surface area contributed by atoms with Crippen molar-refractivity contribution >= 4 is 18.0 Å². The summed E-state index contributed by atoms with van der Waals surface area (Å²) >= 11 is 0. The first-order valence-corrected chi connectivity index (χ1v) is 5.34.